The van der Waals surface area contributed by atoms with Gasteiger partial charge >= 0.3 is 5.97 Å². The first-order chi connectivity index (χ1) is 7.85. The molecule has 0 saturated carbocycles. The minimum atomic E-state index is -0.234. The van der Waals surface area contributed by atoms with Crippen LogP contribution in [-0.4, -0.2) is 31.8 Å². The third kappa shape index (κ3) is 11.6. The summed E-state index contributed by atoms with van der Waals surface area (Å²) in [6, 6.07) is -0.126. The van der Waals surface area contributed by atoms with Gasteiger partial charge in [0.2, 0.25) is 0 Å². The van der Waals surface area contributed by atoms with Crippen molar-refractivity contribution in [2.24, 2.45) is 11.1 Å². The molecule has 0 spiro atoms. The lowest BCUT2D eigenvalue weighted by molar-refractivity contribution is -0.145. The predicted octanol–water partition coefficient (Wildman–Crippen LogP) is 2.11. The van der Waals surface area contributed by atoms with Gasteiger partial charge in [-0.3, -0.25) is 4.79 Å². The Hall–Kier alpha value is -0.610. The molecule has 0 aromatic rings. The van der Waals surface area contributed by atoms with Crippen LogP contribution in [0.4, 0.5) is 0 Å². The molecule has 0 bridgehead atoms. The van der Waals surface area contributed by atoms with Gasteiger partial charge in [-0.1, -0.05) is 27.7 Å². The largest absolute Gasteiger partial charge is 0.463 e. The maximum Gasteiger partial charge on any atom is 0.307 e. The van der Waals surface area contributed by atoms with Gasteiger partial charge in [-0.15, -0.1) is 0 Å². The van der Waals surface area contributed by atoms with E-state index >= 15 is 0 Å². The van der Waals surface area contributed by atoms with E-state index < -0.39 is 0 Å². The predicted molar refractivity (Wildman–Crippen MR) is 68.7 cm³/mol. The lowest BCUT2D eigenvalue weighted by atomic mass is 9.87. The van der Waals surface area contributed by atoms with E-state index in [0.717, 1.165) is 12.8 Å². The smallest absolute Gasteiger partial charge is 0.307 e. The van der Waals surface area contributed by atoms with Gasteiger partial charge in [-0.2, -0.15) is 0 Å². The molecule has 4 heteroatoms. The number of carbonyl (C=O) groups excluding carboxylic acids is 1. The van der Waals surface area contributed by atoms with E-state index in [9.17, 15) is 4.79 Å². The molecule has 0 fully saturated rings. The third-order valence-corrected chi connectivity index (χ3v) is 2.14. The van der Waals surface area contributed by atoms with Crippen molar-refractivity contribution in [1.29, 1.82) is 0 Å². The number of rotatable bonds is 8. The van der Waals surface area contributed by atoms with Crippen molar-refractivity contribution in [2.75, 3.05) is 19.8 Å². The average Bonchev–Trinajstić information content (AvgIpc) is 2.14. The molecule has 4 nitrogen and oxygen atoms in total. The number of hydrogen-bond donors (Lipinski definition) is 1. The minimum absolute atomic E-state index is 0.126. The van der Waals surface area contributed by atoms with Gasteiger partial charge in [0.1, 0.15) is 6.61 Å². The molecule has 17 heavy (non-hydrogen) atoms. The van der Waals surface area contributed by atoms with Gasteiger partial charge in [0.25, 0.3) is 0 Å². The second-order valence-electron chi connectivity index (χ2n) is 5.56. The molecule has 1 unspecified atom stereocenters. The second kappa shape index (κ2) is 8.48. The zero-order chi connectivity index (χ0) is 13.3. The SMILES string of the molecule is CCCOCCOC(=O)CC(N)CC(C)(C)C. The van der Waals surface area contributed by atoms with Gasteiger partial charge in [0.05, 0.1) is 13.0 Å². The van der Waals surface area contributed by atoms with E-state index in [-0.39, 0.29) is 23.8 Å². The van der Waals surface area contributed by atoms with Crippen LogP contribution in [0.25, 0.3) is 0 Å². The van der Waals surface area contributed by atoms with E-state index in [2.05, 4.69) is 20.8 Å². The molecule has 0 heterocycles. The molecule has 1 atom stereocenters. The summed E-state index contributed by atoms with van der Waals surface area (Å²) in [6.07, 6.45) is 2.07. The Morgan fingerprint density at radius 3 is 2.41 bits per heavy atom. The van der Waals surface area contributed by atoms with Crippen molar-refractivity contribution in [3.8, 4) is 0 Å². The van der Waals surface area contributed by atoms with Gasteiger partial charge in [0, 0.05) is 12.6 Å². The van der Waals surface area contributed by atoms with E-state index in [1.54, 1.807) is 0 Å². The highest BCUT2D eigenvalue weighted by atomic mass is 16.6. The topological polar surface area (TPSA) is 61.5 Å². The summed E-state index contributed by atoms with van der Waals surface area (Å²) in [7, 11) is 0. The summed E-state index contributed by atoms with van der Waals surface area (Å²) >= 11 is 0. The summed E-state index contributed by atoms with van der Waals surface area (Å²) in [5, 5.41) is 0. The Kier molecular flexibility index (Phi) is 8.17. The normalized spacial score (nSPS) is 13.5. The molecule has 0 radical (unpaired) electrons. The third-order valence-electron chi connectivity index (χ3n) is 2.14. The first-order valence-electron chi connectivity index (χ1n) is 6.34. The zero-order valence-corrected chi connectivity index (χ0v) is 11.6. The molecule has 0 aromatic carbocycles. The Labute approximate surface area is 105 Å². The summed E-state index contributed by atoms with van der Waals surface area (Å²) in [4.78, 5) is 11.4. The quantitative estimate of drug-likeness (QED) is 0.525. The van der Waals surface area contributed by atoms with Crippen molar-refractivity contribution in [2.45, 2.75) is 53.0 Å². The van der Waals surface area contributed by atoms with Gasteiger partial charge in [-0.25, -0.2) is 0 Å². The molecule has 0 amide bonds. The van der Waals surface area contributed by atoms with Crippen molar-refractivity contribution in [3.63, 3.8) is 0 Å². The number of esters is 1. The van der Waals surface area contributed by atoms with E-state index in [4.69, 9.17) is 15.2 Å². The highest BCUT2D eigenvalue weighted by Gasteiger charge is 2.18. The average molecular weight is 245 g/mol. The summed E-state index contributed by atoms with van der Waals surface area (Å²) < 4.78 is 10.2. The second-order valence-corrected chi connectivity index (χ2v) is 5.56. The monoisotopic (exact) mass is 245 g/mol. The minimum Gasteiger partial charge on any atom is -0.463 e. The number of ether oxygens (including phenoxy) is 2. The molecule has 0 aliphatic rings. The molecule has 0 aromatic heterocycles. The molecule has 102 valence electrons. The highest BCUT2D eigenvalue weighted by Crippen LogP contribution is 2.21. The van der Waals surface area contributed by atoms with Gasteiger partial charge in [-0.05, 0) is 18.3 Å². The van der Waals surface area contributed by atoms with Crippen molar-refractivity contribution < 1.29 is 14.3 Å². The Bertz CT molecular complexity index is 211. The van der Waals surface area contributed by atoms with Gasteiger partial charge in [0.15, 0.2) is 0 Å². The van der Waals surface area contributed by atoms with Crippen molar-refractivity contribution >= 4 is 5.97 Å². The Morgan fingerprint density at radius 2 is 1.88 bits per heavy atom. The van der Waals surface area contributed by atoms with E-state index in [0.29, 0.717) is 19.8 Å². The number of nitrogens with two attached hydrogens (primary N) is 1. The van der Waals surface area contributed by atoms with Crippen LogP contribution in [0.15, 0.2) is 0 Å². The van der Waals surface area contributed by atoms with Crippen molar-refractivity contribution in [3.05, 3.63) is 0 Å². The van der Waals surface area contributed by atoms with Crippen LogP contribution >= 0.6 is 0 Å². The number of carbonyl (C=O) groups is 1. The van der Waals surface area contributed by atoms with Crippen LogP contribution < -0.4 is 5.73 Å². The molecule has 0 aliphatic heterocycles. The van der Waals surface area contributed by atoms with Gasteiger partial charge < -0.3 is 15.2 Å². The summed E-state index contributed by atoms with van der Waals surface area (Å²) in [6.45, 7) is 9.86. The molecular weight excluding hydrogens is 218 g/mol. The first-order valence-corrected chi connectivity index (χ1v) is 6.34. The zero-order valence-electron chi connectivity index (χ0n) is 11.6. The lowest BCUT2D eigenvalue weighted by Gasteiger charge is -2.22. The van der Waals surface area contributed by atoms with Crippen LogP contribution in [0.3, 0.4) is 0 Å². The number of hydrogen-bond acceptors (Lipinski definition) is 4. The standard InChI is InChI=1S/C13H27NO3/c1-5-6-16-7-8-17-12(15)9-11(14)10-13(2,3)4/h11H,5-10,14H2,1-4H3. The maximum atomic E-state index is 11.4. The summed E-state index contributed by atoms with van der Waals surface area (Å²) in [5.41, 5.74) is 6.02. The maximum absolute atomic E-state index is 11.4. The Morgan fingerprint density at radius 1 is 1.24 bits per heavy atom. The van der Waals surface area contributed by atoms with Crippen LogP contribution in [0, 0.1) is 5.41 Å². The fourth-order valence-corrected chi connectivity index (χ4v) is 1.59. The van der Waals surface area contributed by atoms with Crippen LogP contribution in [0.1, 0.15) is 47.0 Å². The summed E-state index contributed by atoms with van der Waals surface area (Å²) in [5.74, 6) is -0.234. The van der Waals surface area contributed by atoms with E-state index in [1.807, 2.05) is 6.92 Å². The molecule has 0 aliphatic carbocycles. The van der Waals surface area contributed by atoms with Crippen molar-refractivity contribution in [1.82, 2.24) is 0 Å². The molecule has 0 saturated heterocycles. The Balaban J connectivity index is 3.58. The fourth-order valence-electron chi connectivity index (χ4n) is 1.59. The van der Waals surface area contributed by atoms with E-state index in [1.165, 1.54) is 0 Å². The highest BCUT2D eigenvalue weighted by molar-refractivity contribution is 5.70. The van der Waals surface area contributed by atoms with Crippen LogP contribution in [0.2, 0.25) is 0 Å². The first kappa shape index (κ1) is 16.4. The lowest BCUT2D eigenvalue weighted by Crippen LogP contribution is -2.30. The van der Waals surface area contributed by atoms with Crippen LogP contribution in [0.5, 0.6) is 0 Å². The molecule has 0 rings (SSSR count). The molecule has 2 N–H and O–H groups in total. The molecular formula is C13H27NO3. The van der Waals surface area contributed by atoms with Crippen LogP contribution in [-0.2, 0) is 14.3 Å². The fraction of sp³-hybridized carbons (Fsp3) is 0.923.